The van der Waals surface area contributed by atoms with Gasteiger partial charge in [0.1, 0.15) is 6.61 Å². The van der Waals surface area contributed by atoms with E-state index in [0.717, 1.165) is 51.7 Å². The molecule has 0 spiro atoms. The van der Waals surface area contributed by atoms with Gasteiger partial charge in [-0.3, -0.25) is 19.3 Å². The number of epoxide rings is 1. The van der Waals surface area contributed by atoms with Crippen LogP contribution in [0.2, 0.25) is 0 Å². The van der Waals surface area contributed by atoms with Gasteiger partial charge in [-0.25, -0.2) is 14.4 Å². The Morgan fingerprint density at radius 2 is 1.08 bits per heavy atom. The number of carbonyl (C=O) groups excluding carboxylic acids is 6. The maximum absolute atomic E-state index is 10.3. The second kappa shape index (κ2) is 109. The van der Waals surface area contributed by atoms with Gasteiger partial charge in [0.15, 0.2) is 11.6 Å². The van der Waals surface area contributed by atoms with Crippen molar-refractivity contribution in [1.82, 2.24) is 14.7 Å². The molecule has 7 aliphatic rings. The molecule has 0 N–H and O–H groups in total. The topological polar surface area (TPSA) is 201 Å². The summed E-state index contributed by atoms with van der Waals surface area (Å²) >= 11 is 0. The predicted molar refractivity (Wildman–Crippen MR) is 449 cm³/mol. The number of cyclic esters (lactones) is 3. The van der Waals surface area contributed by atoms with Crippen molar-refractivity contribution >= 4 is 41.3 Å². The van der Waals surface area contributed by atoms with Crippen molar-refractivity contribution in [3.63, 3.8) is 0 Å². The highest BCUT2D eigenvalue weighted by molar-refractivity contribution is 6.08. The third kappa shape index (κ3) is 137. The summed E-state index contributed by atoms with van der Waals surface area (Å²) in [5, 5.41) is 2.92. The molecule has 0 radical (unpaired) electrons. The first-order valence-corrected chi connectivity index (χ1v) is 35.0. The van der Waals surface area contributed by atoms with E-state index in [9.17, 15) is 28.8 Å². The number of benzene rings is 2. The van der Waals surface area contributed by atoms with Crippen LogP contribution in [0, 0.1) is 30.6 Å². The zero-order valence-electron chi connectivity index (χ0n) is 68.2. The van der Waals surface area contributed by atoms with E-state index in [1.807, 2.05) is 155 Å². The van der Waals surface area contributed by atoms with Crippen molar-refractivity contribution in [2.24, 2.45) is 11.0 Å². The van der Waals surface area contributed by atoms with Crippen molar-refractivity contribution in [3.8, 4) is 24.7 Å². The van der Waals surface area contributed by atoms with Crippen LogP contribution in [0.4, 0.5) is 0 Å². The van der Waals surface area contributed by atoms with E-state index in [1.54, 1.807) is 48.4 Å². The van der Waals surface area contributed by atoms with Gasteiger partial charge in [0.05, 0.1) is 12.7 Å². The lowest BCUT2D eigenvalue weighted by atomic mass is 9.89. The van der Waals surface area contributed by atoms with Gasteiger partial charge < -0.3 is 28.7 Å². The van der Waals surface area contributed by atoms with Crippen molar-refractivity contribution < 1.29 is 47.7 Å². The van der Waals surface area contributed by atoms with Crippen LogP contribution in [0.1, 0.15) is 160 Å². The number of carbonyl (C=O) groups is 6. The first-order chi connectivity index (χ1) is 49.3. The summed E-state index contributed by atoms with van der Waals surface area (Å²) in [5.74, 6) is 3.40. The summed E-state index contributed by atoms with van der Waals surface area (Å²) < 4.78 is 17.9. The smallest absolute Gasteiger partial charge is 0.341 e. The average molecular weight is 1430 g/mol. The third-order valence-electron chi connectivity index (χ3n) is 10.5. The lowest BCUT2D eigenvalue weighted by Gasteiger charge is -2.24. The average Bonchev–Trinajstić information content (AvgIpc) is 1.17. The molecule has 1 aliphatic carbocycles. The Bertz CT molecular complexity index is 2570. The number of rotatable bonds is 13. The highest BCUT2D eigenvalue weighted by Gasteiger charge is 2.18. The van der Waals surface area contributed by atoms with E-state index < -0.39 is 11.9 Å². The number of aryl methyl sites for hydroxylation is 2. The third-order valence-corrected chi connectivity index (χ3v) is 10.5. The molecule has 6 aliphatic heterocycles. The minimum absolute atomic E-state index is 0.0185. The standard InChI is InChI=1S/2C8H8.C8H14.C7H13N.C6H8O.C5H4O3.C5H8.C4H9N.C4H4O2.C4H6O.C4H4O.C3H7N.2C3H6O.C3H6.C3H4.4C2H6.CH3N3/c1-2-4-8-6-5-7(8)3-1;1-2-8-6-4-3-5-7-8;2*1-4-6-8(3)7-5-2;1-3-4-5-6(2)7;1-3-2-4(6)8-5(3)7;1-3-5-4-2;1-5-3-2-4-5;5-4-2-1-3-6-4;2*1-3-4(2)5;1-4-2-3-4;1-3-2-4-3;1-2-4-3-1;2*1-3-2;4*1-2;1-3-4-2/h1-4H,5-6H2;2-7H,1H2;4-5,8H,1-2,6-7H2,3H3;4-5H,1-2,6-7H2,3H3;3-5H,1H2,2H3;2H,1H3;3-5H,1H2,2H3;2-4H2,1H3;1-2H,3H2;3H,1H2,2H3;1H,2H3;2-3H2,1H3;3H,2H2,1H3;1-3H2;3H,1H2,2H3;1H,2H3;4*1-2H3;1H3. The predicted octanol–water partition coefficient (Wildman–Crippen LogP) is 20.3. The number of terminal acetylenes is 2. The summed E-state index contributed by atoms with van der Waals surface area (Å²) in [6, 6.07) is 18.7. The van der Waals surface area contributed by atoms with E-state index in [1.165, 1.54) is 116 Å². The van der Waals surface area contributed by atoms with Crippen LogP contribution < -0.4 is 0 Å². The minimum atomic E-state index is -0.562. The molecule has 0 bridgehead atoms. The zero-order valence-corrected chi connectivity index (χ0v) is 68.2. The van der Waals surface area contributed by atoms with Gasteiger partial charge in [-0.2, -0.15) is 0 Å². The van der Waals surface area contributed by atoms with E-state index in [2.05, 4.69) is 164 Å². The lowest BCUT2D eigenvalue weighted by molar-refractivity contribution is -0.150. The van der Waals surface area contributed by atoms with Gasteiger partial charge >= 0.3 is 17.9 Å². The number of fused-ring (bicyclic) bond motifs is 1. The SMILES string of the molecule is C#CC.C#CC(C)=O.C1COC1.C=CC.C=CC(C)=O.C=CC=CC.C=CC=CC(C)=O.C=CCC(C)CC=C.C=CCN(C)CC=C.C=Cc1ccccc1.CC.CC.CC.CC.CC1=CC(=O)OC1=O.CC1CO1.CN1CC1.CN1CCC1.CN=[N+]=[N-].O=C1C=CCO1.c1ccc2c(c1)CC2. The highest BCUT2D eigenvalue weighted by Crippen LogP contribution is 2.20. The van der Waals surface area contributed by atoms with Gasteiger partial charge in [0.25, 0.3) is 0 Å². The van der Waals surface area contributed by atoms with Crippen LogP contribution in [0.15, 0.2) is 216 Å². The van der Waals surface area contributed by atoms with Crippen LogP contribution in [-0.4, -0.2) is 150 Å². The van der Waals surface area contributed by atoms with Gasteiger partial charge in [0.2, 0.25) is 5.78 Å². The van der Waals surface area contributed by atoms with Crippen LogP contribution in [0.3, 0.4) is 0 Å². The molecule has 4 saturated heterocycles. The molecule has 2 aromatic rings. The number of hydrogen-bond acceptors (Lipinski definition) is 14. The summed E-state index contributed by atoms with van der Waals surface area (Å²) in [4.78, 5) is 68.7. The van der Waals surface area contributed by atoms with Crippen molar-refractivity contribution in [3.05, 3.63) is 238 Å². The Balaban J connectivity index is -0.0000000855. The Morgan fingerprint density at radius 3 is 1.19 bits per heavy atom. The molecule has 103 heavy (non-hydrogen) atoms. The lowest BCUT2D eigenvalue weighted by Crippen LogP contribution is -2.32. The molecular formula is C87H142N6O10. The summed E-state index contributed by atoms with van der Waals surface area (Å²) in [7, 11) is 7.67. The number of nitrogens with zero attached hydrogens (tertiary/aromatic N) is 6. The molecule has 580 valence electrons. The molecule has 1 atom stereocenters. The molecular weight excluding hydrogens is 1290 g/mol. The number of Topliss-reactive ketones (excluding diaryl/α,β-unsaturated/α-hetero) is 1. The van der Waals surface area contributed by atoms with Crippen LogP contribution in [0.5, 0.6) is 0 Å². The number of ether oxygens (including phenoxy) is 4. The second-order valence-corrected chi connectivity index (χ2v) is 19.9. The fourth-order valence-electron chi connectivity index (χ4n) is 4.82. The van der Waals surface area contributed by atoms with E-state index >= 15 is 0 Å². The molecule has 9 rings (SSSR count). The van der Waals surface area contributed by atoms with E-state index in [0.29, 0.717) is 18.3 Å². The molecule has 0 aromatic heterocycles. The maximum atomic E-state index is 10.3. The van der Waals surface area contributed by atoms with Crippen LogP contribution in [-0.2, 0) is 60.6 Å². The molecule has 1 unspecified atom stereocenters. The first kappa shape index (κ1) is 121. The Hall–Kier alpha value is -9.09. The Morgan fingerprint density at radius 1 is 0.718 bits per heavy atom. The number of likely N-dealkylation sites (tertiary alicyclic amines) is 1. The number of likely N-dealkylation sites (N-methyl/N-ethyl adjacent to an activating group) is 2. The maximum Gasteiger partial charge on any atom is 0.341 e. The normalized spacial score (nSPS) is 12.7. The first-order valence-electron chi connectivity index (χ1n) is 35.0. The number of azide groups is 1. The van der Waals surface area contributed by atoms with Crippen molar-refractivity contribution in [2.75, 3.05) is 93.9 Å². The van der Waals surface area contributed by atoms with E-state index in [-0.39, 0.29) is 23.3 Å². The molecule has 2 aromatic carbocycles. The fourth-order valence-corrected chi connectivity index (χ4v) is 4.82. The monoisotopic (exact) mass is 1430 g/mol. The van der Waals surface area contributed by atoms with Crippen LogP contribution >= 0.6 is 0 Å². The van der Waals surface area contributed by atoms with Crippen molar-refractivity contribution in [2.45, 2.75) is 162 Å². The summed E-state index contributed by atoms with van der Waals surface area (Å²) in [5.41, 5.74) is 12.0. The Kier molecular flexibility index (Phi) is 128. The van der Waals surface area contributed by atoms with Gasteiger partial charge in [-0.15, -0.1) is 51.7 Å². The highest BCUT2D eigenvalue weighted by atomic mass is 16.6. The Labute approximate surface area is 630 Å². The summed E-state index contributed by atoms with van der Waals surface area (Å²) in [6.45, 7) is 73.8. The minimum Gasteiger partial charge on any atom is -0.458 e. The number of allylic oxidation sites excluding steroid dienone is 10. The van der Waals surface area contributed by atoms with Gasteiger partial charge in [-0.05, 0) is 174 Å². The molecule has 0 saturated carbocycles. The quantitative estimate of drug-likeness (QED) is 0.0157. The molecule has 0 amide bonds. The second-order valence-electron chi connectivity index (χ2n) is 19.9. The van der Waals surface area contributed by atoms with E-state index in [4.69, 9.17) is 15.0 Å². The fraction of sp³-hybridized carbons (Fsp3) is 0.448. The largest absolute Gasteiger partial charge is 0.458 e. The van der Waals surface area contributed by atoms with Gasteiger partial charge in [0, 0.05) is 76.0 Å². The van der Waals surface area contributed by atoms with Crippen LogP contribution in [0.25, 0.3) is 16.5 Å². The molecule has 16 nitrogen and oxygen atoms in total. The summed E-state index contributed by atoms with van der Waals surface area (Å²) in [6.07, 6.45) is 44.3. The number of ketones is 3. The zero-order chi connectivity index (χ0) is 82.3. The number of esters is 3. The molecule has 16 heteroatoms. The number of hydrogen-bond donors (Lipinski definition) is 0. The molecule has 4 fully saturated rings. The molecule has 6 heterocycles. The van der Waals surface area contributed by atoms with Crippen molar-refractivity contribution in [1.29, 1.82) is 0 Å². The van der Waals surface area contributed by atoms with Gasteiger partial charge in [-0.1, -0.05) is 215 Å².